The maximum absolute atomic E-state index is 6.18. The molecule has 2 aliphatic heterocycles. The van der Waals surface area contributed by atoms with Crippen molar-refractivity contribution in [2.45, 2.75) is 51.8 Å². The molecule has 1 aromatic carbocycles. The Kier molecular flexibility index (Phi) is 5.76. The SMILES string of the molecule is CCOc1cc(CN2CCC(Nc3cccnc3)CC2)cc2c1OC(C)(C)C=C2. The Labute approximate surface area is 173 Å². The highest BCUT2D eigenvalue weighted by Crippen LogP contribution is 2.40. The van der Waals surface area contributed by atoms with Gasteiger partial charge >= 0.3 is 0 Å². The number of nitrogens with zero attached hydrogens (tertiary/aromatic N) is 2. The van der Waals surface area contributed by atoms with Crippen LogP contribution < -0.4 is 14.8 Å². The van der Waals surface area contributed by atoms with Gasteiger partial charge in [0.05, 0.1) is 12.3 Å². The number of anilines is 1. The van der Waals surface area contributed by atoms with E-state index in [0.29, 0.717) is 12.6 Å². The van der Waals surface area contributed by atoms with Crippen molar-refractivity contribution in [3.05, 3.63) is 53.9 Å². The maximum atomic E-state index is 6.18. The van der Waals surface area contributed by atoms with Crippen molar-refractivity contribution >= 4 is 11.8 Å². The molecule has 0 saturated carbocycles. The molecule has 3 heterocycles. The molecule has 0 amide bonds. The highest BCUT2D eigenvalue weighted by molar-refractivity contribution is 5.66. The summed E-state index contributed by atoms with van der Waals surface area (Å²) >= 11 is 0. The summed E-state index contributed by atoms with van der Waals surface area (Å²) in [5.74, 6) is 1.72. The van der Waals surface area contributed by atoms with Gasteiger partial charge in [-0.25, -0.2) is 0 Å². The van der Waals surface area contributed by atoms with E-state index >= 15 is 0 Å². The van der Waals surface area contributed by atoms with E-state index in [0.717, 1.165) is 55.2 Å². The molecule has 0 unspecified atom stereocenters. The van der Waals surface area contributed by atoms with Crippen LogP contribution in [0.3, 0.4) is 0 Å². The van der Waals surface area contributed by atoms with Gasteiger partial charge in [0.2, 0.25) is 0 Å². The van der Waals surface area contributed by atoms with Crippen molar-refractivity contribution in [2.24, 2.45) is 0 Å². The van der Waals surface area contributed by atoms with Crippen LogP contribution in [0.5, 0.6) is 11.5 Å². The number of ether oxygens (including phenoxy) is 2. The topological polar surface area (TPSA) is 46.6 Å². The fourth-order valence-electron chi connectivity index (χ4n) is 4.04. The first-order chi connectivity index (χ1) is 14.0. The minimum Gasteiger partial charge on any atom is -0.490 e. The molecule has 4 rings (SSSR count). The average Bonchev–Trinajstić information content (AvgIpc) is 2.71. The standard InChI is InChI=1S/C24H31N3O2/c1-4-28-22-15-18(14-19-7-10-24(2,3)29-23(19)22)17-27-12-8-20(9-13-27)26-21-6-5-11-25-16-21/h5-7,10-11,14-16,20,26H,4,8-9,12-13,17H2,1-3H3. The van der Waals surface area contributed by atoms with E-state index in [1.807, 2.05) is 25.4 Å². The summed E-state index contributed by atoms with van der Waals surface area (Å²) in [5, 5.41) is 3.60. The van der Waals surface area contributed by atoms with Crippen molar-refractivity contribution in [3.63, 3.8) is 0 Å². The number of pyridine rings is 1. The lowest BCUT2D eigenvalue weighted by atomic mass is 9.99. The summed E-state index contributed by atoms with van der Waals surface area (Å²) in [6.07, 6.45) is 10.2. The van der Waals surface area contributed by atoms with Gasteiger partial charge in [0.15, 0.2) is 11.5 Å². The van der Waals surface area contributed by atoms with Crippen molar-refractivity contribution in [1.82, 2.24) is 9.88 Å². The first-order valence-corrected chi connectivity index (χ1v) is 10.6. The third-order valence-electron chi connectivity index (χ3n) is 5.50. The quantitative estimate of drug-likeness (QED) is 0.768. The summed E-state index contributed by atoms with van der Waals surface area (Å²) in [4.78, 5) is 6.71. The van der Waals surface area contributed by atoms with E-state index < -0.39 is 0 Å². The molecule has 5 heteroatoms. The summed E-state index contributed by atoms with van der Waals surface area (Å²) in [7, 11) is 0. The van der Waals surface area contributed by atoms with E-state index in [-0.39, 0.29) is 5.60 Å². The number of rotatable bonds is 6. The summed E-state index contributed by atoms with van der Waals surface area (Å²) in [5.41, 5.74) is 3.19. The van der Waals surface area contributed by atoms with Crippen molar-refractivity contribution in [1.29, 1.82) is 0 Å². The van der Waals surface area contributed by atoms with Crippen LogP contribution in [0.25, 0.3) is 6.08 Å². The second-order valence-electron chi connectivity index (χ2n) is 8.42. The zero-order chi connectivity index (χ0) is 20.3. The predicted molar refractivity (Wildman–Crippen MR) is 118 cm³/mol. The van der Waals surface area contributed by atoms with Crippen LogP contribution in [0.15, 0.2) is 42.7 Å². The zero-order valence-electron chi connectivity index (χ0n) is 17.6. The Morgan fingerprint density at radius 3 is 2.83 bits per heavy atom. The van der Waals surface area contributed by atoms with E-state index in [4.69, 9.17) is 9.47 Å². The van der Waals surface area contributed by atoms with Gasteiger partial charge in [-0.15, -0.1) is 0 Å². The van der Waals surface area contributed by atoms with Crippen LogP contribution >= 0.6 is 0 Å². The van der Waals surface area contributed by atoms with Crippen LogP contribution in [-0.2, 0) is 6.54 Å². The number of fused-ring (bicyclic) bond motifs is 1. The molecule has 1 fully saturated rings. The third kappa shape index (κ3) is 4.91. The second kappa shape index (κ2) is 8.46. The molecule has 0 aliphatic carbocycles. The molecule has 1 N–H and O–H groups in total. The molecule has 1 aromatic heterocycles. The normalized spacial score (nSPS) is 18.7. The second-order valence-corrected chi connectivity index (χ2v) is 8.42. The molecule has 154 valence electrons. The monoisotopic (exact) mass is 393 g/mol. The number of benzene rings is 1. The molecule has 5 nitrogen and oxygen atoms in total. The van der Waals surface area contributed by atoms with Gasteiger partial charge in [-0.2, -0.15) is 0 Å². The largest absolute Gasteiger partial charge is 0.490 e. The van der Waals surface area contributed by atoms with Crippen molar-refractivity contribution in [2.75, 3.05) is 25.0 Å². The highest BCUT2D eigenvalue weighted by Gasteiger charge is 2.26. The number of aromatic nitrogens is 1. The summed E-state index contributed by atoms with van der Waals surface area (Å²) in [6.45, 7) is 9.89. The number of nitrogens with one attached hydrogen (secondary N) is 1. The van der Waals surface area contributed by atoms with E-state index in [2.05, 4.69) is 59.4 Å². The van der Waals surface area contributed by atoms with Gasteiger partial charge in [-0.05, 0) is 69.5 Å². The van der Waals surface area contributed by atoms with Gasteiger partial charge in [-0.3, -0.25) is 9.88 Å². The first-order valence-electron chi connectivity index (χ1n) is 10.6. The van der Waals surface area contributed by atoms with Gasteiger partial charge in [0.1, 0.15) is 5.60 Å². The average molecular weight is 394 g/mol. The molecular formula is C24H31N3O2. The fraction of sp³-hybridized carbons (Fsp3) is 0.458. The molecular weight excluding hydrogens is 362 g/mol. The van der Waals surface area contributed by atoms with Crippen LogP contribution in [0.1, 0.15) is 44.7 Å². The van der Waals surface area contributed by atoms with Gasteiger partial charge in [-0.1, -0.05) is 6.08 Å². The fourth-order valence-corrected chi connectivity index (χ4v) is 4.04. The Bertz CT molecular complexity index is 856. The lowest BCUT2D eigenvalue weighted by Crippen LogP contribution is -2.38. The van der Waals surface area contributed by atoms with Crippen LogP contribution in [0.4, 0.5) is 5.69 Å². The van der Waals surface area contributed by atoms with Crippen LogP contribution in [0.2, 0.25) is 0 Å². The number of hydrogen-bond acceptors (Lipinski definition) is 5. The van der Waals surface area contributed by atoms with E-state index in [1.54, 1.807) is 0 Å². The molecule has 0 bridgehead atoms. The molecule has 0 radical (unpaired) electrons. The third-order valence-corrected chi connectivity index (χ3v) is 5.50. The number of hydrogen-bond donors (Lipinski definition) is 1. The Morgan fingerprint density at radius 1 is 1.28 bits per heavy atom. The molecule has 1 saturated heterocycles. The number of piperidine rings is 1. The predicted octanol–water partition coefficient (Wildman–Crippen LogP) is 4.74. The van der Waals surface area contributed by atoms with Crippen molar-refractivity contribution < 1.29 is 9.47 Å². The molecule has 2 aliphatic rings. The molecule has 0 atom stereocenters. The molecule has 2 aromatic rings. The maximum Gasteiger partial charge on any atom is 0.169 e. The van der Waals surface area contributed by atoms with Gasteiger partial charge in [0.25, 0.3) is 0 Å². The van der Waals surface area contributed by atoms with Crippen LogP contribution in [-0.4, -0.2) is 41.2 Å². The summed E-state index contributed by atoms with van der Waals surface area (Å²) < 4.78 is 12.1. The van der Waals surface area contributed by atoms with Gasteiger partial charge < -0.3 is 14.8 Å². The number of likely N-dealkylation sites (tertiary alicyclic amines) is 1. The smallest absolute Gasteiger partial charge is 0.169 e. The zero-order valence-corrected chi connectivity index (χ0v) is 17.6. The highest BCUT2D eigenvalue weighted by atomic mass is 16.5. The molecule has 0 spiro atoms. The lowest BCUT2D eigenvalue weighted by Gasteiger charge is -2.33. The Hall–Kier alpha value is -2.53. The van der Waals surface area contributed by atoms with Crippen LogP contribution in [0, 0.1) is 0 Å². The molecule has 29 heavy (non-hydrogen) atoms. The summed E-state index contributed by atoms with van der Waals surface area (Å²) in [6, 6.07) is 8.96. The van der Waals surface area contributed by atoms with Crippen molar-refractivity contribution in [3.8, 4) is 11.5 Å². The Morgan fingerprint density at radius 2 is 2.10 bits per heavy atom. The van der Waals surface area contributed by atoms with E-state index in [9.17, 15) is 0 Å². The Balaban J connectivity index is 1.40. The lowest BCUT2D eigenvalue weighted by molar-refractivity contribution is 0.149. The first kappa shape index (κ1) is 19.8. The van der Waals surface area contributed by atoms with E-state index in [1.165, 1.54) is 5.56 Å². The minimum atomic E-state index is -0.302. The van der Waals surface area contributed by atoms with Gasteiger partial charge in [0, 0.05) is 43.6 Å². The minimum absolute atomic E-state index is 0.302.